The molecular weight excluding hydrogens is 510 g/mol. The summed E-state index contributed by atoms with van der Waals surface area (Å²) in [5.74, 6) is -0.537. The fraction of sp³-hybridized carbons (Fsp3) is 0.333. The molecule has 0 radical (unpaired) electrons. The van der Waals surface area contributed by atoms with Gasteiger partial charge in [0.1, 0.15) is 11.5 Å². The minimum atomic E-state index is -4.07. The molecule has 2 aromatic rings. The first-order valence-corrected chi connectivity index (χ1v) is 14.2. The minimum Gasteiger partial charge on any atom is -0.493 e. The quantitative estimate of drug-likeness (QED) is 0.113. The third-order valence-electron chi connectivity index (χ3n) is 4.79. The number of hydrogen-bond donors (Lipinski definition) is 2. The highest BCUT2D eigenvalue weighted by molar-refractivity contribution is 7.86. The van der Waals surface area contributed by atoms with E-state index in [9.17, 15) is 21.6 Å². The molecule has 10 nitrogen and oxygen atoms in total. The molecule has 0 aliphatic rings. The molecular formula is C24H27NO9S2. The lowest BCUT2D eigenvalue weighted by atomic mass is 10.1. The van der Waals surface area contributed by atoms with Crippen LogP contribution < -0.4 is 9.47 Å². The number of carbonyl (C=O) groups is 1. The predicted molar refractivity (Wildman–Crippen MR) is 134 cm³/mol. The van der Waals surface area contributed by atoms with Crippen molar-refractivity contribution in [1.29, 1.82) is 0 Å². The summed E-state index contributed by atoms with van der Waals surface area (Å²) in [6, 6.07) is 13.1. The topological polar surface area (TPSA) is 149 Å². The number of Topliss-reactive ketones (excluding diaryl/α,β-unsaturated/α-hetero) is 1. The van der Waals surface area contributed by atoms with Crippen LogP contribution in [-0.2, 0) is 20.2 Å². The van der Waals surface area contributed by atoms with Crippen LogP contribution in [0.4, 0.5) is 0 Å². The Morgan fingerprint density at radius 2 is 1.44 bits per heavy atom. The van der Waals surface area contributed by atoms with Gasteiger partial charge in [-0.25, -0.2) is 4.85 Å². The van der Waals surface area contributed by atoms with Crippen LogP contribution in [0.5, 0.6) is 11.5 Å². The normalized spacial score (nSPS) is 12.1. The maximum Gasteiger partial charge on any atom is 0.264 e. The van der Waals surface area contributed by atoms with E-state index >= 15 is 0 Å². The highest BCUT2D eigenvalue weighted by atomic mass is 32.2. The lowest BCUT2D eigenvalue weighted by Gasteiger charge is -2.13. The summed E-state index contributed by atoms with van der Waals surface area (Å²) in [5, 5.41) is 0. The van der Waals surface area contributed by atoms with Crippen molar-refractivity contribution in [2.75, 3.05) is 24.7 Å². The number of hydrogen-bond acceptors (Lipinski definition) is 7. The van der Waals surface area contributed by atoms with Gasteiger partial charge in [0.2, 0.25) is 5.70 Å². The second-order valence-electron chi connectivity index (χ2n) is 7.72. The highest BCUT2D eigenvalue weighted by Crippen LogP contribution is 2.28. The fourth-order valence-corrected chi connectivity index (χ4v) is 4.17. The van der Waals surface area contributed by atoms with Crippen LogP contribution in [0.3, 0.4) is 0 Å². The van der Waals surface area contributed by atoms with Crippen LogP contribution in [0, 0.1) is 6.57 Å². The van der Waals surface area contributed by atoms with Gasteiger partial charge in [-0.3, -0.25) is 9.11 Å². The van der Waals surface area contributed by atoms with Crippen molar-refractivity contribution in [2.24, 2.45) is 0 Å². The Kier molecular flexibility index (Phi) is 11.1. The summed E-state index contributed by atoms with van der Waals surface area (Å²) in [7, 11) is -8.11. The molecule has 2 N–H and O–H groups in total. The molecule has 194 valence electrons. The monoisotopic (exact) mass is 537 g/mol. The molecule has 0 unspecified atom stereocenters. The molecule has 0 fully saturated rings. The summed E-state index contributed by atoms with van der Waals surface area (Å²) < 4.78 is 72.4. The van der Waals surface area contributed by atoms with Gasteiger partial charge >= 0.3 is 0 Å². The smallest absolute Gasteiger partial charge is 0.264 e. The number of rotatable bonds is 15. The summed E-state index contributed by atoms with van der Waals surface area (Å²) >= 11 is 0. The fourth-order valence-electron chi connectivity index (χ4n) is 3.03. The number of benzene rings is 2. The van der Waals surface area contributed by atoms with Gasteiger partial charge in [-0.2, -0.15) is 16.8 Å². The zero-order chi connectivity index (χ0) is 26.6. The standard InChI is InChI=1S/C24H27NO9S2/c1-25-22(24(26)19-9-3-2-4-10-19)17-20-11-12-21(33-13-5-7-15-35(27,28)29)18-23(20)34-14-6-8-16-36(30,31)32/h2-4,9-12,17-18H,5-8,13-16H2,(H,27,28,29)(H,30,31,32). The maximum atomic E-state index is 12.7. The van der Waals surface area contributed by atoms with Gasteiger partial charge in [0.25, 0.3) is 20.2 Å². The van der Waals surface area contributed by atoms with E-state index in [-0.39, 0.29) is 37.5 Å². The maximum absolute atomic E-state index is 12.7. The molecule has 0 bridgehead atoms. The first-order valence-electron chi connectivity index (χ1n) is 11.0. The van der Waals surface area contributed by atoms with Crippen molar-refractivity contribution in [3.63, 3.8) is 0 Å². The molecule has 0 amide bonds. The summed E-state index contributed by atoms with van der Waals surface area (Å²) in [6.07, 6.45) is 2.48. The van der Waals surface area contributed by atoms with E-state index in [2.05, 4.69) is 4.85 Å². The Balaban J connectivity index is 2.18. The van der Waals surface area contributed by atoms with E-state index in [1.54, 1.807) is 48.5 Å². The number of unbranched alkanes of at least 4 members (excludes halogenated alkanes) is 2. The number of nitrogens with zero attached hydrogens (tertiary/aromatic N) is 1. The Morgan fingerprint density at radius 1 is 0.861 bits per heavy atom. The highest BCUT2D eigenvalue weighted by Gasteiger charge is 2.15. The molecule has 0 spiro atoms. The minimum absolute atomic E-state index is 0.105. The van der Waals surface area contributed by atoms with Gasteiger partial charge in [-0.15, -0.1) is 0 Å². The summed E-state index contributed by atoms with van der Waals surface area (Å²) in [5.41, 5.74) is 0.660. The zero-order valence-corrected chi connectivity index (χ0v) is 21.0. The molecule has 2 rings (SSSR count). The van der Waals surface area contributed by atoms with E-state index in [4.69, 9.17) is 25.2 Å². The average molecular weight is 538 g/mol. The number of allylic oxidation sites excluding steroid dienone is 1. The van der Waals surface area contributed by atoms with Crippen molar-refractivity contribution in [2.45, 2.75) is 25.7 Å². The third kappa shape index (κ3) is 11.0. The Morgan fingerprint density at radius 3 is 2.00 bits per heavy atom. The van der Waals surface area contributed by atoms with E-state index in [1.807, 2.05) is 0 Å². The number of ketones is 1. The van der Waals surface area contributed by atoms with Crippen LogP contribution in [0.25, 0.3) is 10.9 Å². The van der Waals surface area contributed by atoms with E-state index in [0.29, 0.717) is 35.5 Å². The Labute approximate surface area is 210 Å². The van der Waals surface area contributed by atoms with Crippen molar-refractivity contribution in [3.8, 4) is 11.5 Å². The lowest BCUT2D eigenvalue weighted by Crippen LogP contribution is -2.07. The first kappa shape index (κ1) is 29.0. The van der Waals surface area contributed by atoms with Gasteiger partial charge in [0, 0.05) is 17.2 Å². The van der Waals surface area contributed by atoms with E-state index in [1.165, 1.54) is 6.08 Å². The third-order valence-corrected chi connectivity index (χ3v) is 6.40. The van der Waals surface area contributed by atoms with E-state index < -0.39 is 31.8 Å². The molecule has 0 aliphatic carbocycles. The number of carbonyl (C=O) groups excluding carboxylic acids is 1. The van der Waals surface area contributed by atoms with Gasteiger partial charge in [-0.05, 0) is 43.9 Å². The van der Waals surface area contributed by atoms with Crippen LogP contribution in [0.15, 0.2) is 54.2 Å². The molecule has 0 atom stereocenters. The molecule has 2 aromatic carbocycles. The van der Waals surface area contributed by atoms with Crippen molar-refractivity contribution in [1.82, 2.24) is 0 Å². The molecule has 0 aliphatic heterocycles. The molecule has 0 aromatic heterocycles. The van der Waals surface area contributed by atoms with Crippen molar-refractivity contribution < 1.29 is 40.2 Å². The van der Waals surface area contributed by atoms with Gasteiger partial charge in [-0.1, -0.05) is 30.3 Å². The van der Waals surface area contributed by atoms with Crippen LogP contribution in [0.2, 0.25) is 0 Å². The van der Waals surface area contributed by atoms with Gasteiger partial charge in [0.15, 0.2) is 5.78 Å². The average Bonchev–Trinajstić information content (AvgIpc) is 2.81. The molecule has 0 saturated carbocycles. The Bertz CT molecular complexity index is 1310. The second-order valence-corrected chi connectivity index (χ2v) is 10.9. The molecule has 36 heavy (non-hydrogen) atoms. The number of ether oxygens (including phenoxy) is 2. The summed E-state index contributed by atoms with van der Waals surface area (Å²) in [6.45, 7) is 7.74. The molecule has 0 heterocycles. The zero-order valence-electron chi connectivity index (χ0n) is 19.4. The molecule has 0 saturated heterocycles. The predicted octanol–water partition coefficient (Wildman–Crippen LogP) is 3.92. The second kappa shape index (κ2) is 13.7. The SMILES string of the molecule is [C-]#[N+]C(=Cc1ccc(OCCCCS(=O)(=O)O)cc1OCCCCS(=O)(=O)O)C(=O)c1ccccc1. The van der Waals surface area contributed by atoms with Crippen LogP contribution in [0.1, 0.15) is 41.6 Å². The lowest BCUT2D eigenvalue weighted by molar-refractivity contribution is 0.103. The summed E-state index contributed by atoms with van der Waals surface area (Å²) in [4.78, 5) is 16.1. The van der Waals surface area contributed by atoms with E-state index in [0.717, 1.165) is 0 Å². The van der Waals surface area contributed by atoms with Crippen molar-refractivity contribution in [3.05, 3.63) is 76.8 Å². The van der Waals surface area contributed by atoms with Gasteiger partial charge < -0.3 is 14.3 Å². The van der Waals surface area contributed by atoms with Crippen LogP contribution >= 0.6 is 0 Å². The Hall–Kier alpha value is -3.24. The van der Waals surface area contributed by atoms with Crippen LogP contribution in [-0.4, -0.2) is 56.4 Å². The first-order chi connectivity index (χ1) is 17.0. The largest absolute Gasteiger partial charge is 0.493 e. The molecule has 12 heteroatoms. The van der Waals surface area contributed by atoms with Gasteiger partial charge in [0.05, 0.1) is 31.3 Å². The van der Waals surface area contributed by atoms with Crippen molar-refractivity contribution >= 4 is 32.1 Å².